The molecule has 0 aromatic heterocycles. The number of amides is 1. The van der Waals surface area contributed by atoms with Gasteiger partial charge < -0.3 is 4.90 Å². The Morgan fingerprint density at radius 2 is 1.75 bits per heavy atom. The Labute approximate surface area is 143 Å². The van der Waals surface area contributed by atoms with E-state index in [0.29, 0.717) is 37.0 Å². The van der Waals surface area contributed by atoms with Crippen LogP contribution in [0.15, 0.2) is 23.1 Å². The largest absolute Gasteiger partial charge is 0.340 e. The average molecular weight is 348 g/mol. The van der Waals surface area contributed by atoms with Gasteiger partial charge in [0, 0.05) is 32.1 Å². The van der Waals surface area contributed by atoms with Crippen LogP contribution in [0.1, 0.15) is 30.9 Å². The zero-order chi connectivity index (χ0) is 16.9. The van der Waals surface area contributed by atoms with E-state index in [2.05, 4.69) is 6.92 Å². The monoisotopic (exact) mass is 348 g/mol. The van der Waals surface area contributed by atoms with E-state index >= 15 is 0 Å². The van der Waals surface area contributed by atoms with Crippen molar-refractivity contribution in [1.82, 2.24) is 9.21 Å². The van der Waals surface area contributed by atoms with Gasteiger partial charge in [-0.25, -0.2) is 8.42 Å². The van der Waals surface area contributed by atoms with Crippen molar-refractivity contribution in [3.8, 4) is 0 Å². The van der Waals surface area contributed by atoms with E-state index in [4.69, 9.17) is 0 Å². The maximum atomic E-state index is 12.9. The lowest BCUT2D eigenvalue weighted by Gasteiger charge is -2.34. The van der Waals surface area contributed by atoms with Crippen LogP contribution in [0.5, 0.6) is 0 Å². The summed E-state index contributed by atoms with van der Waals surface area (Å²) in [7, 11) is -3.45. The Kier molecular flexibility index (Phi) is 3.92. The molecule has 1 amide bonds. The van der Waals surface area contributed by atoms with Crippen molar-refractivity contribution in [3.63, 3.8) is 0 Å². The highest BCUT2D eigenvalue weighted by molar-refractivity contribution is 7.89. The van der Waals surface area contributed by atoms with Crippen molar-refractivity contribution in [2.45, 2.75) is 37.5 Å². The highest BCUT2D eigenvalue weighted by Crippen LogP contribution is 2.39. The molecular formula is C18H24N2O3S. The molecule has 130 valence electrons. The molecule has 2 unspecified atom stereocenters. The minimum Gasteiger partial charge on any atom is -0.340 e. The first-order valence-electron chi connectivity index (χ1n) is 8.87. The number of benzene rings is 1. The van der Waals surface area contributed by atoms with E-state index in [9.17, 15) is 13.2 Å². The van der Waals surface area contributed by atoms with Crippen molar-refractivity contribution < 1.29 is 13.2 Å². The summed E-state index contributed by atoms with van der Waals surface area (Å²) in [4.78, 5) is 14.5. The van der Waals surface area contributed by atoms with Gasteiger partial charge in [0.15, 0.2) is 0 Å². The number of aryl methyl sites for hydroxylation is 2. The van der Waals surface area contributed by atoms with Crippen LogP contribution in [0.25, 0.3) is 0 Å². The summed E-state index contributed by atoms with van der Waals surface area (Å²) >= 11 is 0. The number of hydrogen-bond acceptors (Lipinski definition) is 3. The lowest BCUT2D eigenvalue weighted by atomic mass is 10.1. The summed E-state index contributed by atoms with van der Waals surface area (Å²) in [5.41, 5.74) is 2.45. The van der Waals surface area contributed by atoms with Gasteiger partial charge in [-0.1, -0.05) is 13.0 Å². The van der Waals surface area contributed by atoms with Gasteiger partial charge in [0.05, 0.1) is 4.90 Å². The van der Waals surface area contributed by atoms with Crippen molar-refractivity contribution in [2.75, 3.05) is 26.2 Å². The van der Waals surface area contributed by atoms with E-state index < -0.39 is 10.0 Å². The summed E-state index contributed by atoms with van der Waals surface area (Å²) < 4.78 is 27.3. The van der Waals surface area contributed by atoms with Gasteiger partial charge in [-0.2, -0.15) is 4.31 Å². The second-order valence-electron chi connectivity index (χ2n) is 7.33. The molecule has 3 aliphatic rings. The SMILES string of the molecule is CC1CC1C(=O)N1CCN(S(=O)(=O)c2ccc3c(c2)CCC3)CC1. The highest BCUT2D eigenvalue weighted by atomic mass is 32.2. The van der Waals surface area contributed by atoms with Crippen molar-refractivity contribution in [2.24, 2.45) is 11.8 Å². The third kappa shape index (κ3) is 2.75. The molecule has 1 saturated carbocycles. The summed E-state index contributed by atoms with van der Waals surface area (Å²) in [6.45, 7) is 3.90. The topological polar surface area (TPSA) is 57.7 Å². The number of nitrogens with zero attached hydrogens (tertiary/aromatic N) is 2. The van der Waals surface area contributed by atoms with Gasteiger partial charge in [-0.05, 0) is 54.9 Å². The van der Waals surface area contributed by atoms with Gasteiger partial charge in [-0.3, -0.25) is 4.79 Å². The van der Waals surface area contributed by atoms with Crippen LogP contribution in [-0.2, 0) is 27.7 Å². The third-order valence-corrected chi connectivity index (χ3v) is 7.58. The Bertz CT molecular complexity index is 766. The van der Waals surface area contributed by atoms with Crippen LogP contribution in [0.4, 0.5) is 0 Å². The summed E-state index contributed by atoms with van der Waals surface area (Å²) in [5.74, 6) is 0.868. The minimum atomic E-state index is -3.45. The molecule has 1 aromatic carbocycles. The first-order valence-corrected chi connectivity index (χ1v) is 10.3. The number of piperazine rings is 1. The van der Waals surface area contributed by atoms with E-state index in [0.717, 1.165) is 25.7 Å². The fraction of sp³-hybridized carbons (Fsp3) is 0.611. The molecule has 1 aliphatic heterocycles. The van der Waals surface area contributed by atoms with Gasteiger partial charge in [0.25, 0.3) is 0 Å². The van der Waals surface area contributed by atoms with Gasteiger partial charge in [-0.15, -0.1) is 0 Å². The Balaban J connectivity index is 1.45. The minimum absolute atomic E-state index is 0.171. The maximum absolute atomic E-state index is 12.9. The van der Waals surface area contributed by atoms with Crippen molar-refractivity contribution in [1.29, 1.82) is 0 Å². The zero-order valence-corrected chi connectivity index (χ0v) is 14.9. The maximum Gasteiger partial charge on any atom is 0.243 e. The normalized spacial score (nSPS) is 27.1. The molecule has 0 N–H and O–H groups in total. The molecule has 1 saturated heterocycles. The van der Waals surface area contributed by atoms with Gasteiger partial charge in [0.1, 0.15) is 0 Å². The predicted molar refractivity (Wildman–Crippen MR) is 91.1 cm³/mol. The number of carbonyl (C=O) groups excluding carboxylic acids is 1. The summed E-state index contributed by atoms with van der Waals surface area (Å²) in [6, 6.07) is 5.55. The van der Waals surface area contributed by atoms with Crippen LogP contribution in [0.2, 0.25) is 0 Å². The smallest absolute Gasteiger partial charge is 0.243 e. The highest BCUT2D eigenvalue weighted by Gasteiger charge is 2.42. The molecule has 6 heteroatoms. The van der Waals surface area contributed by atoms with Crippen LogP contribution in [-0.4, -0.2) is 49.7 Å². The van der Waals surface area contributed by atoms with Crippen LogP contribution in [0.3, 0.4) is 0 Å². The van der Waals surface area contributed by atoms with Crippen LogP contribution < -0.4 is 0 Å². The quantitative estimate of drug-likeness (QED) is 0.835. The molecule has 0 spiro atoms. The molecule has 2 fully saturated rings. The Hall–Kier alpha value is -1.40. The van der Waals surface area contributed by atoms with Gasteiger partial charge in [0.2, 0.25) is 15.9 Å². The molecular weight excluding hydrogens is 324 g/mol. The van der Waals surface area contributed by atoms with E-state index in [-0.39, 0.29) is 11.8 Å². The fourth-order valence-electron chi connectivity index (χ4n) is 3.91. The third-order valence-electron chi connectivity index (χ3n) is 5.68. The Morgan fingerprint density at radius 1 is 1.08 bits per heavy atom. The van der Waals surface area contributed by atoms with Crippen LogP contribution >= 0.6 is 0 Å². The number of hydrogen-bond donors (Lipinski definition) is 0. The van der Waals surface area contributed by atoms with Gasteiger partial charge >= 0.3 is 0 Å². The van der Waals surface area contributed by atoms with Crippen LogP contribution in [0, 0.1) is 11.8 Å². The molecule has 4 rings (SSSR count). The number of sulfonamides is 1. The zero-order valence-electron chi connectivity index (χ0n) is 14.1. The standard InChI is InChI=1S/C18H24N2O3S/c1-13-11-17(13)18(21)19-7-9-20(10-8-19)24(22,23)16-6-5-14-3-2-4-15(14)12-16/h5-6,12-13,17H,2-4,7-11H2,1H3. The molecule has 1 heterocycles. The lowest BCUT2D eigenvalue weighted by Crippen LogP contribution is -2.51. The first kappa shape index (κ1) is 16.1. The second kappa shape index (κ2) is 5.85. The molecule has 0 bridgehead atoms. The number of fused-ring (bicyclic) bond motifs is 1. The number of carbonyl (C=O) groups is 1. The summed E-state index contributed by atoms with van der Waals surface area (Å²) in [6.07, 6.45) is 4.11. The fourth-order valence-corrected chi connectivity index (χ4v) is 5.38. The average Bonchev–Trinajstić information content (AvgIpc) is 3.13. The second-order valence-corrected chi connectivity index (χ2v) is 9.27. The molecule has 2 aliphatic carbocycles. The van der Waals surface area contributed by atoms with Crippen molar-refractivity contribution >= 4 is 15.9 Å². The molecule has 0 radical (unpaired) electrons. The predicted octanol–water partition coefficient (Wildman–Crippen LogP) is 1.66. The van der Waals surface area contributed by atoms with E-state index in [1.165, 1.54) is 15.4 Å². The van der Waals surface area contributed by atoms with E-state index in [1.807, 2.05) is 17.0 Å². The van der Waals surface area contributed by atoms with E-state index in [1.54, 1.807) is 6.07 Å². The summed E-state index contributed by atoms with van der Waals surface area (Å²) in [5, 5.41) is 0. The number of rotatable bonds is 3. The molecule has 5 nitrogen and oxygen atoms in total. The molecule has 2 atom stereocenters. The Morgan fingerprint density at radius 3 is 2.42 bits per heavy atom. The van der Waals surface area contributed by atoms with Crippen molar-refractivity contribution in [3.05, 3.63) is 29.3 Å². The lowest BCUT2D eigenvalue weighted by molar-refractivity contribution is -0.134. The molecule has 1 aromatic rings. The first-order chi connectivity index (χ1) is 11.5. The molecule has 24 heavy (non-hydrogen) atoms.